The standard InChI is InChI=1S/C20H18N4O3/c1-12-13(19-22-15-6-2-3-7-16(15)23-19)5-4-8-14(12)21-17-11-18(26)24(9-10-25)20(17)27/h2-8,11,21,25H,9-10H2,1H3,(H,22,23). The van der Waals surface area contributed by atoms with Gasteiger partial charge in [-0.25, -0.2) is 4.98 Å². The van der Waals surface area contributed by atoms with Crippen LogP contribution in [0, 0.1) is 6.92 Å². The normalized spacial score (nSPS) is 14.1. The molecule has 0 atom stereocenters. The summed E-state index contributed by atoms with van der Waals surface area (Å²) in [5.41, 5.74) is 4.54. The number of carbonyl (C=O) groups is 2. The highest BCUT2D eigenvalue weighted by Gasteiger charge is 2.30. The first kappa shape index (κ1) is 17.0. The van der Waals surface area contributed by atoms with Crippen LogP contribution in [0.15, 0.2) is 54.2 Å². The van der Waals surface area contributed by atoms with Crippen LogP contribution in [-0.2, 0) is 9.59 Å². The zero-order valence-corrected chi connectivity index (χ0v) is 14.7. The molecule has 2 aromatic carbocycles. The van der Waals surface area contributed by atoms with Gasteiger partial charge in [0.1, 0.15) is 11.5 Å². The summed E-state index contributed by atoms with van der Waals surface area (Å²) in [6.07, 6.45) is 1.26. The molecule has 0 spiro atoms. The summed E-state index contributed by atoms with van der Waals surface area (Å²) < 4.78 is 0. The van der Waals surface area contributed by atoms with E-state index in [1.54, 1.807) is 0 Å². The molecule has 1 aliphatic rings. The molecule has 0 saturated heterocycles. The maximum atomic E-state index is 12.3. The number of nitrogens with one attached hydrogen (secondary N) is 2. The predicted octanol–water partition coefficient (Wildman–Crippen LogP) is 2.20. The topological polar surface area (TPSA) is 98.3 Å². The van der Waals surface area contributed by atoms with Crippen molar-refractivity contribution in [2.24, 2.45) is 0 Å². The van der Waals surface area contributed by atoms with Crippen molar-refractivity contribution in [2.75, 3.05) is 18.5 Å². The molecule has 27 heavy (non-hydrogen) atoms. The van der Waals surface area contributed by atoms with Crippen LogP contribution in [0.25, 0.3) is 22.4 Å². The lowest BCUT2D eigenvalue weighted by atomic mass is 10.1. The van der Waals surface area contributed by atoms with Crippen LogP contribution in [-0.4, -0.2) is 44.9 Å². The Labute approximate surface area is 155 Å². The van der Waals surface area contributed by atoms with Crippen LogP contribution in [0.5, 0.6) is 0 Å². The van der Waals surface area contributed by atoms with Crippen molar-refractivity contribution in [3.63, 3.8) is 0 Å². The number of hydrogen-bond acceptors (Lipinski definition) is 5. The Hall–Kier alpha value is -3.45. The van der Waals surface area contributed by atoms with Gasteiger partial charge in [0.15, 0.2) is 0 Å². The first-order valence-electron chi connectivity index (χ1n) is 8.58. The quantitative estimate of drug-likeness (QED) is 0.605. The third kappa shape index (κ3) is 2.98. The fourth-order valence-electron chi connectivity index (χ4n) is 3.16. The lowest BCUT2D eigenvalue weighted by molar-refractivity contribution is -0.137. The second kappa shape index (κ2) is 6.69. The number of fused-ring (bicyclic) bond motifs is 1. The molecule has 4 rings (SSSR count). The van der Waals surface area contributed by atoms with E-state index in [1.165, 1.54) is 6.08 Å². The number of imidazole rings is 1. The molecule has 136 valence electrons. The van der Waals surface area contributed by atoms with E-state index in [0.717, 1.165) is 32.9 Å². The molecule has 0 bridgehead atoms. The highest BCUT2D eigenvalue weighted by atomic mass is 16.3. The Morgan fingerprint density at radius 3 is 2.74 bits per heavy atom. The number of amides is 2. The van der Waals surface area contributed by atoms with Gasteiger partial charge in [-0.1, -0.05) is 24.3 Å². The van der Waals surface area contributed by atoms with Gasteiger partial charge in [-0.2, -0.15) is 0 Å². The Morgan fingerprint density at radius 1 is 1.15 bits per heavy atom. The molecule has 3 aromatic rings. The maximum Gasteiger partial charge on any atom is 0.277 e. The van der Waals surface area contributed by atoms with Gasteiger partial charge in [-0.05, 0) is 30.7 Å². The number of carbonyl (C=O) groups excluding carboxylic acids is 2. The summed E-state index contributed by atoms with van der Waals surface area (Å²) in [4.78, 5) is 33.2. The summed E-state index contributed by atoms with van der Waals surface area (Å²) in [7, 11) is 0. The monoisotopic (exact) mass is 362 g/mol. The number of nitrogens with zero attached hydrogens (tertiary/aromatic N) is 2. The third-order valence-corrected chi connectivity index (χ3v) is 4.58. The lowest BCUT2D eigenvalue weighted by Crippen LogP contribution is -2.34. The van der Waals surface area contributed by atoms with E-state index in [0.29, 0.717) is 5.69 Å². The zero-order chi connectivity index (χ0) is 19.0. The van der Waals surface area contributed by atoms with Gasteiger partial charge >= 0.3 is 0 Å². The average Bonchev–Trinajstić information content (AvgIpc) is 3.20. The molecule has 0 radical (unpaired) electrons. The van der Waals surface area contributed by atoms with E-state index in [9.17, 15) is 9.59 Å². The van der Waals surface area contributed by atoms with Gasteiger partial charge in [0.05, 0.1) is 24.2 Å². The van der Waals surface area contributed by atoms with E-state index in [4.69, 9.17) is 5.11 Å². The predicted molar refractivity (Wildman–Crippen MR) is 102 cm³/mol. The van der Waals surface area contributed by atoms with Crippen LogP contribution in [0.3, 0.4) is 0 Å². The number of H-pyrrole nitrogens is 1. The van der Waals surface area contributed by atoms with Crippen molar-refractivity contribution >= 4 is 28.5 Å². The molecule has 1 aliphatic heterocycles. The second-order valence-electron chi connectivity index (χ2n) is 6.28. The summed E-state index contributed by atoms with van der Waals surface area (Å²) in [6.45, 7) is 1.65. The Kier molecular flexibility index (Phi) is 4.21. The van der Waals surface area contributed by atoms with Crippen molar-refractivity contribution in [1.82, 2.24) is 14.9 Å². The van der Waals surface area contributed by atoms with E-state index in [1.807, 2.05) is 49.4 Å². The number of aromatic nitrogens is 2. The number of rotatable bonds is 5. The zero-order valence-electron chi connectivity index (χ0n) is 14.7. The maximum absolute atomic E-state index is 12.3. The minimum absolute atomic E-state index is 0.0165. The number of aliphatic hydroxyl groups is 1. The molecule has 0 aliphatic carbocycles. The van der Waals surface area contributed by atoms with Crippen LogP contribution in [0.2, 0.25) is 0 Å². The Morgan fingerprint density at radius 2 is 1.96 bits per heavy atom. The van der Waals surface area contributed by atoms with Crippen LogP contribution in [0.4, 0.5) is 5.69 Å². The molecule has 0 unspecified atom stereocenters. The number of hydrogen-bond donors (Lipinski definition) is 3. The van der Waals surface area contributed by atoms with Crippen molar-refractivity contribution < 1.29 is 14.7 Å². The fourth-order valence-corrected chi connectivity index (χ4v) is 3.16. The van der Waals surface area contributed by atoms with Crippen molar-refractivity contribution in [2.45, 2.75) is 6.92 Å². The van der Waals surface area contributed by atoms with Gasteiger partial charge in [0.25, 0.3) is 11.8 Å². The average molecular weight is 362 g/mol. The van der Waals surface area contributed by atoms with E-state index < -0.39 is 11.8 Å². The van der Waals surface area contributed by atoms with Gasteiger partial charge in [0, 0.05) is 17.3 Å². The minimum Gasteiger partial charge on any atom is -0.395 e. The highest BCUT2D eigenvalue weighted by molar-refractivity contribution is 6.17. The summed E-state index contributed by atoms with van der Waals surface area (Å²) in [6, 6.07) is 13.4. The largest absolute Gasteiger partial charge is 0.395 e. The fraction of sp³-hybridized carbons (Fsp3) is 0.150. The van der Waals surface area contributed by atoms with Crippen LogP contribution < -0.4 is 5.32 Å². The number of para-hydroxylation sites is 2. The molecule has 7 heteroatoms. The lowest BCUT2D eigenvalue weighted by Gasteiger charge is -2.15. The Bertz CT molecular complexity index is 1050. The molecule has 2 heterocycles. The minimum atomic E-state index is -0.442. The van der Waals surface area contributed by atoms with E-state index >= 15 is 0 Å². The number of β-amino-alcohol motifs (C(OH)–C–C–N with tert-alkyl or cyclic N) is 1. The number of imide groups is 1. The molecule has 3 N–H and O–H groups in total. The van der Waals surface area contributed by atoms with E-state index in [2.05, 4.69) is 15.3 Å². The molecular weight excluding hydrogens is 344 g/mol. The van der Waals surface area contributed by atoms with Crippen LogP contribution in [0.1, 0.15) is 5.56 Å². The summed E-state index contributed by atoms with van der Waals surface area (Å²) >= 11 is 0. The van der Waals surface area contributed by atoms with Crippen molar-refractivity contribution in [1.29, 1.82) is 0 Å². The number of benzene rings is 2. The third-order valence-electron chi connectivity index (χ3n) is 4.58. The molecule has 7 nitrogen and oxygen atoms in total. The van der Waals surface area contributed by atoms with Crippen molar-refractivity contribution in [3.8, 4) is 11.4 Å². The first-order valence-corrected chi connectivity index (χ1v) is 8.58. The Balaban J connectivity index is 1.66. The number of aliphatic hydroxyl groups excluding tert-OH is 1. The van der Waals surface area contributed by atoms with Gasteiger partial charge in [-0.3, -0.25) is 14.5 Å². The van der Waals surface area contributed by atoms with Crippen LogP contribution >= 0.6 is 0 Å². The highest BCUT2D eigenvalue weighted by Crippen LogP contribution is 2.29. The first-order chi connectivity index (χ1) is 13.1. The van der Waals surface area contributed by atoms with Gasteiger partial charge in [-0.15, -0.1) is 0 Å². The second-order valence-corrected chi connectivity index (χ2v) is 6.28. The van der Waals surface area contributed by atoms with Gasteiger partial charge in [0.2, 0.25) is 0 Å². The van der Waals surface area contributed by atoms with E-state index in [-0.39, 0.29) is 18.8 Å². The molecular formula is C20H18N4O3. The molecule has 1 aromatic heterocycles. The van der Waals surface area contributed by atoms with Crippen molar-refractivity contribution in [3.05, 3.63) is 59.8 Å². The summed E-state index contributed by atoms with van der Waals surface area (Å²) in [5.74, 6) is -0.132. The molecule has 2 amide bonds. The summed E-state index contributed by atoms with van der Waals surface area (Å²) in [5, 5.41) is 12.1. The number of aromatic amines is 1. The number of anilines is 1. The molecule has 0 saturated carbocycles. The van der Waals surface area contributed by atoms with Gasteiger partial charge < -0.3 is 15.4 Å². The smallest absolute Gasteiger partial charge is 0.277 e. The molecule has 0 fully saturated rings. The SMILES string of the molecule is Cc1c(NC2=CC(=O)N(CCO)C2=O)cccc1-c1nc2ccccc2[nH]1.